The molecule has 1 N–H and O–H groups in total. The Morgan fingerprint density at radius 3 is 2.67 bits per heavy atom. The van der Waals surface area contributed by atoms with Gasteiger partial charge in [0.25, 0.3) is 0 Å². The highest BCUT2D eigenvalue weighted by Crippen LogP contribution is 2.24. The van der Waals surface area contributed by atoms with Gasteiger partial charge in [-0.15, -0.1) is 0 Å². The normalized spacial score (nSPS) is 11.7. The standard InChI is InChI=1S/C18H18N4O3S2/c1-22(2)27(24,25)14-7-5-6-13(10-14)21-17(23)11-26-18-15-8-3-4-9-16(15)19-12-20-18/h3-10,12H,11H2,1-2H3,(H,21,23). The zero-order chi connectivity index (χ0) is 19.4. The SMILES string of the molecule is CN(C)S(=O)(=O)c1cccc(NC(=O)CSc2ncnc3ccccc23)c1. The van der Waals surface area contributed by atoms with Crippen LogP contribution < -0.4 is 5.32 Å². The minimum Gasteiger partial charge on any atom is -0.325 e. The fourth-order valence-corrected chi connectivity index (χ4v) is 4.11. The van der Waals surface area contributed by atoms with Gasteiger partial charge in [0.05, 0.1) is 16.2 Å². The van der Waals surface area contributed by atoms with Gasteiger partial charge in [-0.1, -0.05) is 36.0 Å². The quantitative estimate of drug-likeness (QED) is 0.503. The number of aromatic nitrogens is 2. The average Bonchev–Trinajstić information content (AvgIpc) is 2.66. The summed E-state index contributed by atoms with van der Waals surface area (Å²) in [5.41, 5.74) is 1.24. The molecule has 0 bridgehead atoms. The molecular weight excluding hydrogens is 384 g/mol. The third-order valence-electron chi connectivity index (χ3n) is 3.74. The van der Waals surface area contributed by atoms with Crippen LogP contribution in [0.4, 0.5) is 5.69 Å². The molecule has 9 heteroatoms. The summed E-state index contributed by atoms with van der Waals surface area (Å²) in [4.78, 5) is 20.8. The third-order valence-corrected chi connectivity index (χ3v) is 6.56. The molecule has 0 fully saturated rings. The molecular formula is C18H18N4O3S2. The van der Waals surface area contributed by atoms with Gasteiger partial charge in [0, 0.05) is 25.2 Å². The first kappa shape index (κ1) is 19.3. The molecule has 27 heavy (non-hydrogen) atoms. The van der Waals surface area contributed by atoms with Gasteiger partial charge in [-0.2, -0.15) is 0 Å². The largest absolute Gasteiger partial charge is 0.325 e. The van der Waals surface area contributed by atoms with Crippen LogP contribution in [-0.4, -0.2) is 48.4 Å². The summed E-state index contributed by atoms with van der Waals surface area (Å²) in [6, 6.07) is 13.8. The van der Waals surface area contributed by atoms with Crippen LogP contribution in [-0.2, 0) is 14.8 Å². The topological polar surface area (TPSA) is 92.3 Å². The zero-order valence-corrected chi connectivity index (χ0v) is 16.4. The highest BCUT2D eigenvalue weighted by Gasteiger charge is 2.17. The predicted octanol–water partition coefficient (Wildman–Crippen LogP) is 2.61. The fraction of sp³-hybridized carbons (Fsp3) is 0.167. The van der Waals surface area contributed by atoms with Crippen molar-refractivity contribution in [2.75, 3.05) is 25.2 Å². The van der Waals surface area contributed by atoms with Crippen molar-refractivity contribution in [3.05, 3.63) is 54.9 Å². The Labute approximate surface area is 161 Å². The number of rotatable bonds is 6. The maximum Gasteiger partial charge on any atom is 0.242 e. The van der Waals surface area contributed by atoms with Crippen molar-refractivity contribution in [3.63, 3.8) is 0 Å². The van der Waals surface area contributed by atoms with E-state index in [1.165, 1.54) is 44.3 Å². The minimum absolute atomic E-state index is 0.125. The summed E-state index contributed by atoms with van der Waals surface area (Å²) in [5, 5.41) is 4.33. The van der Waals surface area contributed by atoms with Crippen molar-refractivity contribution >= 4 is 44.3 Å². The number of fused-ring (bicyclic) bond motifs is 1. The number of hydrogen-bond acceptors (Lipinski definition) is 6. The lowest BCUT2D eigenvalue weighted by Gasteiger charge is -2.12. The van der Waals surface area contributed by atoms with E-state index in [2.05, 4.69) is 15.3 Å². The molecule has 0 saturated carbocycles. The fourth-order valence-electron chi connectivity index (χ4n) is 2.37. The lowest BCUT2D eigenvalue weighted by atomic mass is 10.2. The first-order chi connectivity index (χ1) is 12.9. The lowest BCUT2D eigenvalue weighted by molar-refractivity contribution is -0.113. The van der Waals surface area contributed by atoms with Crippen molar-refractivity contribution in [2.45, 2.75) is 9.92 Å². The molecule has 1 heterocycles. The molecule has 0 saturated heterocycles. The summed E-state index contributed by atoms with van der Waals surface area (Å²) >= 11 is 1.30. The molecule has 1 aromatic heterocycles. The van der Waals surface area contributed by atoms with Crippen LogP contribution in [0.2, 0.25) is 0 Å². The molecule has 3 rings (SSSR count). The van der Waals surface area contributed by atoms with E-state index in [-0.39, 0.29) is 16.6 Å². The van der Waals surface area contributed by atoms with Gasteiger partial charge in [0.1, 0.15) is 11.4 Å². The van der Waals surface area contributed by atoms with Crippen molar-refractivity contribution in [3.8, 4) is 0 Å². The van der Waals surface area contributed by atoms with Crippen molar-refractivity contribution in [1.82, 2.24) is 14.3 Å². The summed E-state index contributed by atoms with van der Waals surface area (Å²) in [6.45, 7) is 0. The van der Waals surface area contributed by atoms with Gasteiger partial charge in [0.15, 0.2) is 0 Å². The molecule has 0 unspecified atom stereocenters. The van der Waals surface area contributed by atoms with E-state index in [1.807, 2.05) is 24.3 Å². The molecule has 7 nitrogen and oxygen atoms in total. The molecule has 1 amide bonds. The summed E-state index contributed by atoms with van der Waals surface area (Å²) in [7, 11) is -0.632. The summed E-state index contributed by atoms with van der Waals surface area (Å²) in [6.07, 6.45) is 1.47. The zero-order valence-electron chi connectivity index (χ0n) is 14.8. The van der Waals surface area contributed by atoms with Crippen LogP contribution in [0.15, 0.2) is 64.8 Å². The maximum atomic E-state index is 12.3. The number of nitrogens with one attached hydrogen (secondary N) is 1. The highest BCUT2D eigenvalue weighted by molar-refractivity contribution is 8.00. The molecule has 2 aromatic carbocycles. The van der Waals surface area contributed by atoms with Crippen molar-refractivity contribution < 1.29 is 13.2 Å². The van der Waals surface area contributed by atoms with E-state index in [9.17, 15) is 13.2 Å². The molecule has 0 aliphatic heterocycles. The van der Waals surface area contributed by atoms with Crippen LogP contribution in [0, 0.1) is 0 Å². The number of anilines is 1. The van der Waals surface area contributed by atoms with Crippen LogP contribution >= 0.6 is 11.8 Å². The van der Waals surface area contributed by atoms with Crippen LogP contribution in [0.25, 0.3) is 10.9 Å². The van der Waals surface area contributed by atoms with Crippen LogP contribution in [0.1, 0.15) is 0 Å². The van der Waals surface area contributed by atoms with Gasteiger partial charge < -0.3 is 5.32 Å². The molecule has 0 aliphatic rings. The van der Waals surface area contributed by atoms with E-state index < -0.39 is 10.0 Å². The van der Waals surface area contributed by atoms with Gasteiger partial charge in [-0.05, 0) is 24.3 Å². The number of sulfonamides is 1. The Hall–Kier alpha value is -2.49. The number of carbonyl (C=O) groups is 1. The van der Waals surface area contributed by atoms with Gasteiger partial charge in [0.2, 0.25) is 15.9 Å². The number of hydrogen-bond donors (Lipinski definition) is 1. The summed E-state index contributed by atoms with van der Waals surface area (Å²) < 4.78 is 25.5. The molecule has 0 atom stereocenters. The minimum atomic E-state index is -3.55. The molecule has 0 aliphatic carbocycles. The molecule has 0 radical (unpaired) electrons. The average molecular weight is 403 g/mol. The Morgan fingerprint density at radius 2 is 1.89 bits per heavy atom. The van der Waals surface area contributed by atoms with Crippen molar-refractivity contribution in [1.29, 1.82) is 0 Å². The van der Waals surface area contributed by atoms with Gasteiger partial charge >= 0.3 is 0 Å². The van der Waals surface area contributed by atoms with Crippen LogP contribution in [0.5, 0.6) is 0 Å². The number of nitrogens with zero attached hydrogens (tertiary/aromatic N) is 3. The third kappa shape index (κ3) is 4.44. The molecule has 3 aromatic rings. The van der Waals surface area contributed by atoms with E-state index in [1.54, 1.807) is 12.1 Å². The maximum absolute atomic E-state index is 12.3. The molecule has 0 spiro atoms. The number of para-hydroxylation sites is 1. The lowest BCUT2D eigenvalue weighted by Crippen LogP contribution is -2.22. The smallest absolute Gasteiger partial charge is 0.242 e. The highest BCUT2D eigenvalue weighted by atomic mass is 32.2. The Morgan fingerprint density at radius 1 is 1.11 bits per heavy atom. The van der Waals surface area contributed by atoms with Gasteiger partial charge in [-0.25, -0.2) is 22.7 Å². The van der Waals surface area contributed by atoms with E-state index in [0.29, 0.717) is 5.69 Å². The van der Waals surface area contributed by atoms with Gasteiger partial charge in [-0.3, -0.25) is 4.79 Å². The number of thioether (sulfide) groups is 1. The first-order valence-corrected chi connectivity index (χ1v) is 10.5. The van der Waals surface area contributed by atoms with E-state index in [4.69, 9.17) is 0 Å². The Kier molecular flexibility index (Phi) is 5.73. The first-order valence-electron chi connectivity index (χ1n) is 8.03. The number of amides is 1. The van der Waals surface area contributed by atoms with Crippen LogP contribution in [0.3, 0.4) is 0 Å². The summed E-state index contributed by atoms with van der Waals surface area (Å²) in [5.74, 6) is -0.104. The Balaban J connectivity index is 1.70. The number of carbonyl (C=O) groups excluding carboxylic acids is 1. The van der Waals surface area contributed by atoms with Crippen molar-refractivity contribution in [2.24, 2.45) is 0 Å². The second-order valence-electron chi connectivity index (χ2n) is 5.85. The number of benzene rings is 2. The predicted molar refractivity (Wildman–Crippen MR) is 106 cm³/mol. The van der Waals surface area contributed by atoms with E-state index in [0.717, 1.165) is 20.2 Å². The monoisotopic (exact) mass is 402 g/mol. The second-order valence-corrected chi connectivity index (χ2v) is 8.96. The molecule has 140 valence electrons. The van der Waals surface area contributed by atoms with E-state index >= 15 is 0 Å². The Bertz CT molecular complexity index is 1080. The second kappa shape index (κ2) is 8.03.